The highest BCUT2D eigenvalue weighted by Crippen LogP contribution is 2.43. The van der Waals surface area contributed by atoms with Crippen molar-refractivity contribution in [3.63, 3.8) is 0 Å². The minimum absolute atomic E-state index is 0.158. The second-order valence-electron chi connectivity index (χ2n) is 21.2. The highest BCUT2D eigenvalue weighted by atomic mass is 31.2. The number of unbranched alkanes of at least 4 members (excludes halogenated alkanes) is 34. The fraction of sp³-hybridized carbons (Fsp3) is 0.828. The van der Waals surface area contributed by atoms with Crippen molar-refractivity contribution >= 4 is 25.7 Å². The lowest BCUT2D eigenvalue weighted by molar-refractivity contribution is -0.161. The first-order chi connectivity index (χ1) is 37.2. The molecule has 0 aromatic carbocycles. The fourth-order valence-electron chi connectivity index (χ4n) is 8.96. The second kappa shape index (κ2) is 58.6. The van der Waals surface area contributed by atoms with Crippen LogP contribution in [-0.2, 0) is 42.2 Å². The molecule has 0 saturated carbocycles. The largest absolute Gasteiger partial charge is 0.472 e. The number of ether oxygens (including phenoxy) is 3. The number of aliphatic hydroxyl groups is 1. The van der Waals surface area contributed by atoms with Crippen LogP contribution in [0.15, 0.2) is 48.6 Å². The van der Waals surface area contributed by atoms with Crippen LogP contribution in [-0.4, -0.2) is 66.5 Å². The van der Waals surface area contributed by atoms with E-state index < -0.39 is 57.8 Å². The van der Waals surface area contributed by atoms with Gasteiger partial charge < -0.3 is 24.2 Å². The Morgan fingerprint density at radius 3 is 1.07 bits per heavy atom. The normalized spacial score (nSPS) is 13.6. The number of carbonyl (C=O) groups is 3. The Kier molecular flexibility index (Phi) is 56.6. The van der Waals surface area contributed by atoms with Crippen LogP contribution in [0.3, 0.4) is 0 Å². The summed E-state index contributed by atoms with van der Waals surface area (Å²) in [5.41, 5.74) is 0. The monoisotopic (exact) mass is 1090 g/mol. The molecule has 0 spiro atoms. The van der Waals surface area contributed by atoms with Crippen molar-refractivity contribution in [2.24, 2.45) is 0 Å². The molecule has 0 aliphatic carbocycles. The first-order valence-corrected chi connectivity index (χ1v) is 33.0. The van der Waals surface area contributed by atoms with E-state index in [1.807, 2.05) is 0 Å². The lowest BCUT2D eigenvalue weighted by Crippen LogP contribution is -2.30. The van der Waals surface area contributed by atoms with E-state index in [-0.39, 0.29) is 25.9 Å². The number of phosphoric acid groups is 1. The SMILES string of the molecule is CC/C=C\C/C=C\C/C=C\CCCCCCCCCC(=O)OC(COC(=O)CCCCCCCCCCCCCCCCCCC)COP(=O)(O)OCC(CO)OC(=O)CCCCCCC/C=C\CCCCCCCC. The van der Waals surface area contributed by atoms with Gasteiger partial charge in [-0.25, -0.2) is 4.57 Å². The molecule has 11 nitrogen and oxygen atoms in total. The molecular formula is C64H117O11P. The maximum Gasteiger partial charge on any atom is 0.472 e. The average Bonchev–Trinajstić information content (AvgIpc) is 3.41. The van der Waals surface area contributed by atoms with Gasteiger partial charge in [-0.2, -0.15) is 0 Å². The van der Waals surface area contributed by atoms with Crippen molar-refractivity contribution in [3.8, 4) is 0 Å². The minimum Gasteiger partial charge on any atom is -0.462 e. The summed E-state index contributed by atoms with van der Waals surface area (Å²) in [6.07, 6.45) is 63.4. The van der Waals surface area contributed by atoms with Gasteiger partial charge in [0.2, 0.25) is 0 Å². The van der Waals surface area contributed by atoms with Gasteiger partial charge in [-0.15, -0.1) is 0 Å². The Balaban J connectivity index is 4.70. The number of aliphatic hydroxyl groups excluding tert-OH is 1. The zero-order chi connectivity index (χ0) is 55.5. The van der Waals surface area contributed by atoms with Crippen LogP contribution in [0.1, 0.15) is 303 Å². The van der Waals surface area contributed by atoms with Crippen molar-refractivity contribution in [3.05, 3.63) is 48.6 Å². The molecule has 2 N–H and O–H groups in total. The molecule has 444 valence electrons. The molecule has 3 unspecified atom stereocenters. The van der Waals surface area contributed by atoms with Crippen LogP contribution in [0.25, 0.3) is 0 Å². The molecule has 0 heterocycles. The molecule has 0 aliphatic rings. The number of hydrogen-bond donors (Lipinski definition) is 2. The summed E-state index contributed by atoms with van der Waals surface area (Å²) in [5.74, 6) is -1.46. The van der Waals surface area contributed by atoms with Gasteiger partial charge in [0, 0.05) is 19.3 Å². The van der Waals surface area contributed by atoms with E-state index in [0.29, 0.717) is 19.3 Å². The summed E-state index contributed by atoms with van der Waals surface area (Å²) >= 11 is 0. The first kappa shape index (κ1) is 73.4. The van der Waals surface area contributed by atoms with E-state index in [1.54, 1.807) is 0 Å². The van der Waals surface area contributed by atoms with E-state index in [4.69, 9.17) is 23.3 Å². The van der Waals surface area contributed by atoms with Gasteiger partial charge in [-0.05, 0) is 77.0 Å². The maximum atomic E-state index is 12.9. The molecule has 0 amide bonds. The summed E-state index contributed by atoms with van der Waals surface area (Å²) < 4.78 is 39.6. The minimum atomic E-state index is -4.75. The standard InChI is InChI=1S/C64H117O11P/c1-4-7-10-13-16-19-22-25-28-30-33-35-38-41-44-47-50-53-62(66)71-57-61(75-64(68)55-52-49-46-43-40-37-34-31-29-26-23-20-17-14-11-8-5-2)59-73-76(69,70)72-58-60(56-65)74-63(67)54-51-48-45-42-39-36-32-27-24-21-18-15-12-9-6-3/h8,11,17,20,26-27,29,32,60-61,65H,4-7,9-10,12-16,18-19,21-25,28,30-31,33-59H2,1-3H3,(H,69,70)/b11-8-,20-17-,29-26-,32-27-. The molecule has 0 fully saturated rings. The van der Waals surface area contributed by atoms with Crippen LogP contribution in [0.4, 0.5) is 0 Å². The van der Waals surface area contributed by atoms with Crippen LogP contribution >= 0.6 is 7.82 Å². The van der Waals surface area contributed by atoms with E-state index in [0.717, 1.165) is 109 Å². The Labute approximate surface area is 466 Å². The topological polar surface area (TPSA) is 155 Å². The van der Waals surface area contributed by atoms with Crippen molar-refractivity contribution < 1.29 is 52.2 Å². The van der Waals surface area contributed by atoms with Crippen molar-refractivity contribution in [2.75, 3.05) is 26.4 Å². The van der Waals surface area contributed by atoms with Crippen LogP contribution in [0.5, 0.6) is 0 Å². The lowest BCUT2D eigenvalue weighted by atomic mass is 10.0. The zero-order valence-electron chi connectivity index (χ0n) is 49.2. The average molecular weight is 1090 g/mol. The fourth-order valence-corrected chi connectivity index (χ4v) is 9.74. The molecule has 76 heavy (non-hydrogen) atoms. The number of phosphoric ester groups is 1. The van der Waals surface area contributed by atoms with Crippen LogP contribution in [0, 0.1) is 0 Å². The molecule has 3 atom stereocenters. The molecule has 0 bridgehead atoms. The number of esters is 3. The molecule has 0 radical (unpaired) electrons. The zero-order valence-corrected chi connectivity index (χ0v) is 50.1. The number of allylic oxidation sites excluding steroid dienone is 8. The smallest absolute Gasteiger partial charge is 0.462 e. The van der Waals surface area contributed by atoms with Crippen LogP contribution in [0.2, 0.25) is 0 Å². The van der Waals surface area contributed by atoms with Crippen molar-refractivity contribution in [1.29, 1.82) is 0 Å². The van der Waals surface area contributed by atoms with Gasteiger partial charge in [0.05, 0.1) is 19.8 Å². The van der Waals surface area contributed by atoms with Gasteiger partial charge in [-0.1, -0.05) is 256 Å². The number of hydrogen-bond acceptors (Lipinski definition) is 10. The predicted octanol–water partition coefficient (Wildman–Crippen LogP) is 18.9. The summed E-state index contributed by atoms with van der Waals surface area (Å²) in [5, 5.41) is 9.84. The molecule has 0 aliphatic heterocycles. The van der Waals surface area contributed by atoms with Gasteiger partial charge in [0.1, 0.15) is 12.7 Å². The quantitative estimate of drug-likeness (QED) is 0.0197. The third-order valence-corrected chi connectivity index (χ3v) is 14.7. The van der Waals surface area contributed by atoms with Gasteiger partial charge in [0.15, 0.2) is 6.10 Å². The van der Waals surface area contributed by atoms with E-state index in [9.17, 15) is 28.9 Å². The Morgan fingerprint density at radius 2 is 0.684 bits per heavy atom. The number of rotatable bonds is 59. The van der Waals surface area contributed by atoms with Crippen molar-refractivity contribution in [1.82, 2.24) is 0 Å². The molecule has 0 aromatic heterocycles. The third kappa shape index (κ3) is 56.2. The van der Waals surface area contributed by atoms with Crippen molar-refractivity contribution in [2.45, 2.75) is 315 Å². The van der Waals surface area contributed by atoms with Gasteiger partial charge in [0.25, 0.3) is 0 Å². The summed E-state index contributed by atoms with van der Waals surface area (Å²) in [6, 6.07) is 0. The number of carbonyl (C=O) groups excluding carboxylic acids is 3. The Hall–Kier alpha value is -2.56. The Morgan fingerprint density at radius 1 is 0.382 bits per heavy atom. The van der Waals surface area contributed by atoms with E-state index >= 15 is 0 Å². The Bertz CT molecular complexity index is 1460. The highest BCUT2D eigenvalue weighted by Gasteiger charge is 2.28. The van der Waals surface area contributed by atoms with Gasteiger partial charge in [-0.3, -0.25) is 23.4 Å². The predicted molar refractivity (Wildman–Crippen MR) is 316 cm³/mol. The van der Waals surface area contributed by atoms with Gasteiger partial charge >= 0.3 is 25.7 Å². The molecule has 0 aromatic rings. The second-order valence-corrected chi connectivity index (χ2v) is 22.7. The molecule has 0 saturated heterocycles. The summed E-state index contributed by atoms with van der Waals surface area (Å²) in [7, 11) is -4.75. The van der Waals surface area contributed by atoms with E-state index in [2.05, 4.69) is 69.4 Å². The third-order valence-electron chi connectivity index (χ3n) is 13.7. The highest BCUT2D eigenvalue weighted by molar-refractivity contribution is 7.47. The van der Waals surface area contributed by atoms with E-state index in [1.165, 1.54) is 135 Å². The maximum absolute atomic E-state index is 12.9. The first-order valence-electron chi connectivity index (χ1n) is 31.5. The summed E-state index contributed by atoms with van der Waals surface area (Å²) in [4.78, 5) is 48.7. The van der Waals surface area contributed by atoms with Crippen LogP contribution < -0.4 is 0 Å². The lowest BCUT2D eigenvalue weighted by Gasteiger charge is -2.21. The molecule has 0 rings (SSSR count). The molecular weight excluding hydrogens is 976 g/mol. The molecule has 12 heteroatoms. The summed E-state index contributed by atoms with van der Waals surface area (Å²) in [6.45, 7) is 4.57.